The lowest BCUT2D eigenvalue weighted by molar-refractivity contribution is 0.0955. The Bertz CT molecular complexity index is 1530. The Morgan fingerprint density at radius 3 is 2.33 bits per heavy atom. The Balaban J connectivity index is 1.45. The van der Waals surface area contributed by atoms with Crippen LogP contribution in [0.15, 0.2) is 99.4 Å². The number of carbonyl (C=O) groups excluding carboxylic acids is 1. The number of hydrogen-bond donors (Lipinski definition) is 1. The van der Waals surface area contributed by atoms with Crippen molar-refractivity contribution in [2.75, 3.05) is 11.4 Å². The molecule has 0 fully saturated rings. The Morgan fingerprint density at radius 1 is 0.972 bits per heavy atom. The molecular formula is C27H25BrN4O3S. The molecule has 4 aromatic rings. The Labute approximate surface area is 219 Å². The summed E-state index contributed by atoms with van der Waals surface area (Å²) < 4.78 is 29.9. The fourth-order valence-corrected chi connectivity index (χ4v) is 5.47. The monoisotopic (exact) mass is 564 g/mol. The largest absolute Gasteiger partial charge is 0.318 e. The third kappa shape index (κ3) is 5.27. The van der Waals surface area contributed by atoms with E-state index in [0.717, 1.165) is 27.1 Å². The van der Waals surface area contributed by atoms with Gasteiger partial charge >= 0.3 is 0 Å². The van der Waals surface area contributed by atoms with Gasteiger partial charge in [-0.2, -0.15) is 5.10 Å². The van der Waals surface area contributed by atoms with E-state index in [1.54, 1.807) is 60.8 Å². The molecule has 1 heterocycles. The number of nitrogens with one attached hydrogen (secondary N) is 1. The van der Waals surface area contributed by atoms with Crippen LogP contribution in [-0.4, -0.2) is 32.2 Å². The lowest BCUT2D eigenvalue weighted by Gasteiger charge is -2.19. The van der Waals surface area contributed by atoms with Crippen molar-refractivity contribution in [1.82, 2.24) is 9.99 Å². The summed E-state index contributed by atoms with van der Waals surface area (Å²) in [7, 11) is -2.22. The van der Waals surface area contributed by atoms with Crippen LogP contribution < -0.4 is 9.73 Å². The second-order valence-electron chi connectivity index (χ2n) is 8.17. The summed E-state index contributed by atoms with van der Waals surface area (Å²) in [5, 5.41) is 4.13. The molecule has 0 saturated heterocycles. The predicted molar refractivity (Wildman–Crippen MR) is 146 cm³/mol. The van der Waals surface area contributed by atoms with E-state index in [4.69, 9.17) is 0 Å². The molecule has 1 aromatic heterocycles. The van der Waals surface area contributed by atoms with Gasteiger partial charge in [0, 0.05) is 39.7 Å². The number of halogens is 1. The molecule has 9 heteroatoms. The van der Waals surface area contributed by atoms with Gasteiger partial charge in [0.2, 0.25) is 0 Å². The molecule has 0 saturated carbocycles. The van der Waals surface area contributed by atoms with Gasteiger partial charge in [-0.3, -0.25) is 9.10 Å². The van der Waals surface area contributed by atoms with E-state index in [1.807, 2.05) is 44.2 Å². The van der Waals surface area contributed by atoms with Crippen molar-refractivity contribution in [3.05, 3.63) is 112 Å². The molecule has 36 heavy (non-hydrogen) atoms. The Hall–Kier alpha value is -3.69. The van der Waals surface area contributed by atoms with Crippen LogP contribution in [0.1, 0.15) is 27.3 Å². The second-order valence-corrected chi connectivity index (χ2v) is 11.1. The van der Waals surface area contributed by atoms with E-state index in [2.05, 4.69) is 31.0 Å². The van der Waals surface area contributed by atoms with Crippen LogP contribution in [-0.2, 0) is 10.0 Å². The average Bonchev–Trinajstić information content (AvgIpc) is 3.16. The van der Waals surface area contributed by atoms with Gasteiger partial charge in [-0.1, -0.05) is 40.2 Å². The number of benzene rings is 3. The molecule has 3 aromatic carbocycles. The lowest BCUT2D eigenvalue weighted by atomic mass is 10.2. The Kier molecular flexibility index (Phi) is 7.42. The van der Waals surface area contributed by atoms with E-state index < -0.39 is 15.9 Å². The van der Waals surface area contributed by atoms with E-state index in [0.29, 0.717) is 11.3 Å². The van der Waals surface area contributed by atoms with E-state index in [1.165, 1.54) is 11.4 Å². The second kappa shape index (κ2) is 10.5. The standard InChI is InChI=1S/C27H25BrN4O3S/c1-19-16-22(20(2)32(19)25-9-7-8-23(28)17-25)18-29-30-27(33)21-12-14-24(15-13-21)31(3)36(34,35)26-10-5-4-6-11-26/h4-18H,1-3H3,(H,30,33)/b29-18+. The zero-order chi connectivity index (χ0) is 25.9. The van der Waals surface area contributed by atoms with Crippen molar-refractivity contribution < 1.29 is 13.2 Å². The number of hydrogen-bond acceptors (Lipinski definition) is 4. The van der Waals surface area contributed by atoms with Crippen molar-refractivity contribution in [3.8, 4) is 5.69 Å². The third-order valence-corrected chi connectivity index (χ3v) is 8.09. The van der Waals surface area contributed by atoms with Gasteiger partial charge in [-0.15, -0.1) is 0 Å². The molecular weight excluding hydrogens is 540 g/mol. The number of carbonyl (C=O) groups is 1. The molecule has 1 amide bonds. The fraction of sp³-hybridized carbons (Fsp3) is 0.111. The van der Waals surface area contributed by atoms with Crippen molar-refractivity contribution in [1.29, 1.82) is 0 Å². The number of anilines is 1. The molecule has 0 spiro atoms. The lowest BCUT2D eigenvalue weighted by Crippen LogP contribution is -2.26. The maximum atomic E-state index is 12.8. The predicted octanol–water partition coefficient (Wildman–Crippen LogP) is 5.45. The zero-order valence-corrected chi connectivity index (χ0v) is 22.4. The fourth-order valence-electron chi connectivity index (χ4n) is 3.87. The minimum Gasteiger partial charge on any atom is -0.318 e. The van der Waals surface area contributed by atoms with Gasteiger partial charge in [0.25, 0.3) is 15.9 Å². The normalized spacial score (nSPS) is 11.6. The average molecular weight is 565 g/mol. The van der Waals surface area contributed by atoms with Crippen LogP contribution >= 0.6 is 15.9 Å². The van der Waals surface area contributed by atoms with Gasteiger partial charge in [0.05, 0.1) is 16.8 Å². The summed E-state index contributed by atoms with van der Waals surface area (Å²) in [6.07, 6.45) is 1.61. The summed E-state index contributed by atoms with van der Waals surface area (Å²) in [4.78, 5) is 12.8. The molecule has 0 aliphatic carbocycles. The molecule has 4 rings (SSSR count). The number of nitrogens with zero attached hydrogens (tertiary/aromatic N) is 3. The maximum Gasteiger partial charge on any atom is 0.271 e. The van der Waals surface area contributed by atoms with Gasteiger partial charge in [0.1, 0.15) is 0 Å². The first-order valence-corrected chi connectivity index (χ1v) is 13.3. The maximum absolute atomic E-state index is 12.8. The van der Waals surface area contributed by atoms with E-state index >= 15 is 0 Å². The zero-order valence-electron chi connectivity index (χ0n) is 20.0. The minimum absolute atomic E-state index is 0.197. The minimum atomic E-state index is -3.69. The summed E-state index contributed by atoms with van der Waals surface area (Å²) in [6.45, 7) is 4.01. The number of rotatable bonds is 7. The highest BCUT2D eigenvalue weighted by Crippen LogP contribution is 2.23. The van der Waals surface area contributed by atoms with E-state index in [-0.39, 0.29) is 4.90 Å². The number of hydrazone groups is 1. The van der Waals surface area contributed by atoms with Crippen LogP contribution in [0.3, 0.4) is 0 Å². The highest BCUT2D eigenvalue weighted by atomic mass is 79.9. The third-order valence-electron chi connectivity index (χ3n) is 5.80. The molecule has 0 atom stereocenters. The number of amides is 1. The first-order valence-electron chi connectivity index (χ1n) is 11.1. The molecule has 0 unspecified atom stereocenters. The number of aromatic nitrogens is 1. The summed E-state index contributed by atoms with van der Waals surface area (Å²) in [5.74, 6) is -0.396. The molecule has 0 bridgehead atoms. The summed E-state index contributed by atoms with van der Waals surface area (Å²) in [6, 6.07) is 24.5. The highest BCUT2D eigenvalue weighted by Gasteiger charge is 2.21. The number of aryl methyl sites for hydroxylation is 1. The van der Waals surface area contributed by atoms with Crippen LogP contribution in [0.25, 0.3) is 5.69 Å². The van der Waals surface area contributed by atoms with E-state index in [9.17, 15) is 13.2 Å². The molecule has 0 radical (unpaired) electrons. The number of sulfonamides is 1. The first-order chi connectivity index (χ1) is 17.2. The summed E-state index contributed by atoms with van der Waals surface area (Å²) >= 11 is 3.51. The summed E-state index contributed by atoms with van der Waals surface area (Å²) in [5.41, 5.74) is 7.30. The van der Waals surface area contributed by atoms with Gasteiger partial charge < -0.3 is 4.57 Å². The molecule has 1 N–H and O–H groups in total. The molecule has 7 nitrogen and oxygen atoms in total. The Morgan fingerprint density at radius 2 is 1.67 bits per heavy atom. The molecule has 0 aliphatic rings. The van der Waals surface area contributed by atoms with Gasteiger partial charge in [-0.25, -0.2) is 13.8 Å². The van der Waals surface area contributed by atoms with Crippen LogP contribution in [0.5, 0.6) is 0 Å². The van der Waals surface area contributed by atoms with Gasteiger partial charge in [0.15, 0.2) is 0 Å². The van der Waals surface area contributed by atoms with Crippen molar-refractivity contribution >= 4 is 43.8 Å². The van der Waals surface area contributed by atoms with Crippen molar-refractivity contribution in [2.24, 2.45) is 5.10 Å². The van der Waals surface area contributed by atoms with Crippen molar-refractivity contribution in [2.45, 2.75) is 18.7 Å². The topological polar surface area (TPSA) is 83.8 Å². The van der Waals surface area contributed by atoms with Gasteiger partial charge in [-0.05, 0) is 74.5 Å². The molecule has 184 valence electrons. The quantitative estimate of drug-likeness (QED) is 0.239. The highest BCUT2D eigenvalue weighted by molar-refractivity contribution is 9.10. The van der Waals surface area contributed by atoms with Crippen LogP contribution in [0, 0.1) is 13.8 Å². The van der Waals surface area contributed by atoms with Crippen LogP contribution in [0.4, 0.5) is 5.69 Å². The smallest absolute Gasteiger partial charge is 0.271 e. The SMILES string of the molecule is Cc1cc(/C=N/NC(=O)c2ccc(N(C)S(=O)(=O)c3ccccc3)cc2)c(C)n1-c1cccc(Br)c1. The first kappa shape index (κ1) is 25.4. The molecule has 0 aliphatic heterocycles. The van der Waals surface area contributed by atoms with Crippen molar-refractivity contribution in [3.63, 3.8) is 0 Å². The van der Waals surface area contributed by atoms with Crippen LogP contribution in [0.2, 0.25) is 0 Å².